The maximum absolute atomic E-state index is 5.07. The molecule has 0 aliphatic carbocycles. The lowest BCUT2D eigenvalue weighted by molar-refractivity contribution is 0.144. The zero-order valence-electron chi connectivity index (χ0n) is 6.81. The van der Waals surface area contributed by atoms with E-state index in [1.54, 1.807) is 0 Å². The molecule has 0 rings (SSSR count). The summed E-state index contributed by atoms with van der Waals surface area (Å²) in [5.74, 6) is 0. The van der Waals surface area contributed by atoms with Gasteiger partial charge in [0.15, 0.2) is 0 Å². The van der Waals surface area contributed by atoms with Gasteiger partial charge >= 0.3 is 0 Å². The van der Waals surface area contributed by atoms with Crippen molar-refractivity contribution < 1.29 is 4.74 Å². The Morgan fingerprint density at radius 2 is 1.78 bits per heavy atom. The third kappa shape index (κ3) is 18.0. The molecule has 0 aromatic heterocycles. The summed E-state index contributed by atoms with van der Waals surface area (Å²) in [6, 6.07) is 0. The molecule has 0 N–H and O–H groups in total. The van der Waals surface area contributed by atoms with Crippen LogP contribution in [0.4, 0.5) is 0 Å². The van der Waals surface area contributed by atoms with Crippen molar-refractivity contribution in [2.24, 2.45) is 0 Å². The molecule has 0 aromatic carbocycles. The van der Waals surface area contributed by atoms with Gasteiger partial charge in [-0.15, -0.1) is 0 Å². The fourth-order valence-corrected chi connectivity index (χ4v) is 0.391. The summed E-state index contributed by atoms with van der Waals surface area (Å²) in [6.45, 7) is 7.49. The Bertz CT molecular complexity index is 28.1. The van der Waals surface area contributed by atoms with Crippen LogP contribution in [-0.2, 0) is 4.74 Å². The monoisotopic (exact) mass is 128 g/mol. The van der Waals surface area contributed by atoms with Gasteiger partial charge in [0.1, 0.15) is 0 Å². The van der Waals surface area contributed by atoms with Gasteiger partial charge in [0.25, 0.3) is 0 Å². The lowest BCUT2D eigenvalue weighted by Crippen LogP contribution is -1.90. The number of ether oxygens (including phenoxy) is 1. The highest BCUT2D eigenvalue weighted by Gasteiger charge is 1.78. The molecule has 0 aliphatic rings. The zero-order valence-corrected chi connectivity index (χ0v) is 6.81. The first-order chi connectivity index (χ1) is 4.41. The second-order valence-electron chi connectivity index (χ2n) is 1.55. The van der Waals surface area contributed by atoms with Crippen molar-refractivity contribution in [1.82, 2.24) is 0 Å². The van der Waals surface area contributed by atoms with Crippen LogP contribution in [0.25, 0.3) is 0 Å². The van der Waals surface area contributed by atoms with Gasteiger partial charge in [-0.05, 0) is 13.3 Å². The molecule has 0 aliphatic heterocycles. The molecule has 54 valence electrons. The molecule has 1 nitrogen and oxygen atoms in total. The van der Waals surface area contributed by atoms with E-state index in [4.69, 9.17) is 4.74 Å². The first-order valence-corrected chi connectivity index (χ1v) is 3.57. The normalized spacial score (nSPS) is 7.89. The van der Waals surface area contributed by atoms with Crippen LogP contribution in [0.2, 0.25) is 6.82 Å². The minimum Gasteiger partial charge on any atom is -0.382 e. The molecule has 2 radical (unpaired) electrons. The van der Waals surface area contributed by atoms with Crippen molar-refractivity contribution in [2.45, 2.75) is 33.5 Å². The van der Waals surface area contributed by atoms with Crippen molar-refractivity contribution >= 4 is 7.85 Å². The van der Waals surface area contributed by atoms with E-state index in [0.29, 0.717) is 0 Å². The molecule has 0 aromatic rings. The summed E-state index contributed by atoms with van der Waals surface area (Å²) in [4.78, 5) is 0. The van der Waals surface area contributed by atoms with Crippen molar-refractivity contribution in [3.05, 3.63) is 0 Å². The highest BCUT2D eigenvalue weighted by Crippen LogP contribution is 1.85. The van der Waals surface area contributed by atoms with Crippen LogP contribution in [0, 0.1) is 0 Å². The van der Waals surface area contributed by atoms with E-state index in [0.717, 1.165) is 13.2 Å². The van der Waals surface area contributed by atoms with Gasteiger partial charge in [0.2, 0.25) is 0 Å². The van der Waals surface area contributed by atoms with Crippen molar-refractivity contribution in [3.8, 4) is 0 Å². The van der Waals surface area contributed by atoms with E-state index in [2.05, 4.69) is 14.8 Å². The third-order valence-corrected chi connectivity index (χ3v) is 0.846. The number of unbranched alkanes of at least 4 members (excludes halogenated alkanes) is 1. The molecule has 2 heteroatoms. The summed E-state index contributed by atoms with van der Waals surface area (Å²) >= 11 is 0. The van der Waals surface area contributed by atoms with Gasteiger partial charge < -0.3 is 4.74 Å². The fourth-order valence-electron chi connectivity index (χ4n) is 0.391. The van der Waals surface area contributed by atoms with Gasteiger partial charge in [-0.2, -0.15) is 0 Å². The second kappa shape index (κ2) is 15.7. The van der Waals surface area contributed by atoms with E-state index >= 15 is 0 Å². The zero-order chi connectivity index (χ0) is 7.54. The van der Waals surface area contributed by atoms with Gasteiger partial charge in [0.05, 0.1) is 7.85 Å². The summed E-state index contributed by atoms with van der Waals surface area (Å²) < 4.78 is 5.07. The summed E-state index contributed by atoms with van der Waals surface area (Å²) in [5, 5.41) is 0. The van der Waals surface area contributed by atoms with Crippen molar-refractivity contribution in [2.75, 3.05) is 13.2 Å². The molecule has 0 atom stereocenters. The van der Waals surface area contributed by atoms with Crippen LogP contribution in [0.1, 0.15) is 26.7 Å². The molecule has 0 bridgehead atoms. The Kier molecular flexibility index (Phi) is 20.5. The van der Waals surface area contributed by atoms with Crippen LogP contribution in [0.3, 0.4) is 0 Å². The lowest BCUT2D eigenvalue weighted by Gasteiger charge is -1.94. The number of rotatable bonds is 4. The Morgan fingerprint density at radius 3 is 2.11 bits per heavy atom. The maximum Gasteiger partial charge on any atom is 0.0606 e. The van der Waals surface area contributed by atoms with E-state index in [-0.39, 0.29) is 0 Å². The molecule has 0 heterocycles. The Morgan fingerprint density at radius 1 is 1.22 bits per heavy atom. The number of hydrogen-bond donors (Lipinski definition) is 0. The average Bonchev–Trinajstić information content (AvgIpc) is 1.94. The Labute approximate surface area is 60.2 Å². The first-order valence-electron chi connectivity index (χ1n) is 3.57. The van der Waals surface area contributed by atoms with Crippen molar-refractivity contribution in [3.63, 3.8) is 0 Å². The van der Waals surface area contributed by atoms with Crippen molar-refractivity contribution in [1.29, 1.82) is 0 Å². The fraction of sp³-hybridized carbons (Fsp3) is 1.00. The predicted molar refractivity (Wildman–Crippen MR) is 43.0 cm³/mol. The molecule has 0 saturated carbocycles. The van der Waals surface area contributed by atoms with Crippen LogP contribution in [-0.4, -0.2) is 21.1 Å². The van der Waals surface area contributed by atoms with Gasteiger partial charge in [-0.25, -0.2) is 0 Å². The highest BCUT2D eigenvalue weighted by molar-refractivity contribution is 6.05. The molecule has 0 fully saturated rings. The van der Waals surface area contributed by atoms with E-state index in [1.165, 1.54) is 19.7 Å². The highest BCUT2D eigenvalue weighted by atomic mass is 16.5. The molecule has 0 saturated heterocycles. The quantitative estimate of drug-likeness (QED) is 0.415. The van der Waals surface area contributed by atoms with Crippen LogP contribution in [0.15, 0.2) is 0 Å². The first kappa shape index (κ1) is 11.8. The Balaban J connectivity index is 0. The van der Waals surface area contributed by atoms with Crippen LogP contribution in [0.5, 0.6) is 0 Å². The Hall–Kier alpha value is 0.0249. The second-order valence-corrected chi connectivity index (χ2v) is 1.55. The van der Waals surface area contributed by atoms with Gasteiger partial charge in [-0.1, -0.05) is 20.2 Å². The van der Waals surface area contributed by atoms with Gasteiger partial charge in [0, 0.05) is 13.2 Å². The maximum atomic E-state index is 5.07. The minimum atomic E-state index is 0.861. The number of hydrogen-bond acceptors (Lipinski definition) is 1. The van der Waals surface area contributed by atoms with Crippen LogP contribution < -0.4 is 0 Å². The van der Waals surface area contributed by atoms with Crippen LogP contribution >= 0.6 is 0 Å². The molecule has 0 unspecified atom stereocenters. The summed E-state index contributed by atoms with van der Waals surface area (Å²) in [5.41, 5.74) is 0. The lowest BCUT2D eigenvalue weighted by atomic mass is 10.2. The largest absolute Gasteiger partial charge is 0.382 e. The summed E-state index contributed by atoms with van der Waals surface area (Å²) in [6.07, 6.45) is 2.44. The van der Waals surface area contributed by atoms with Gasteiger partial charge in [-0.3, -0.25) is 0 Å². The summed E-state index contributed by atoms with van der Waals surface area (Å²) in [7, 11) is 4.50. The SMILES string of the molecule is CCCCOCC.[B]C. The molecule has 9 heavy (non-hydrogen) atoms. The molecule has 0 amide bonds. The van der Waals surface area contributed by atoms with E-state index in [9.17, 15) is 0 Å². The average molecular weight is 128 g/mol. The molecule has 0 spiro atoms. The topological polar surface area (TPSA) is 9.23 Å². The smallest absolute Gasteiger partial charge is 0.0606 e. The standard InChI is InChI=1S/C6H14O.CH3B/c1-3-5-6-7-4-2;1-2/h3-6H2,1-2H3;1H3. The van der Waals surface area contributed by atoms with E-state index < -0.39 is 0 Å². The minimum absolute atomic E-state index is 0.861. The molecular formula is C7H17BO. The molecular weight excluding hydrogens is 111 g/mol. The third-order valence-electron chi connectivity index (χ3n) is 0.846. The predicted octanol–water partition coefficient (Wildman–Crippen LogP) is 2.03. The van der Waals surface area contributed by atoms with E-state index in [1.807, 2.05) is 6.92 Å².